The first kappa shape index (κ1) is 11.4. The number of rotatable bonds is 4. The fourth-order valence-corrected chi connectivity index (χ4v) is 1.02. The van der Waals surface area contributed by atoms with E-state index in [1.165, 1.54) is 0 Å². The Kier molecular flexibility index (Phi) is 5.72. The molecule has 0 aromatic rings. The maximum atomic E-state index is 5.07. The normalized spacial score (nSPS) is 14.6. The van der Waals surface area contributed by atoms with E-state index in [0.29, 0.717) is 11.2 Å². The molecule has 0 rings (SSSR count). The van der Waals surface area contributed by atoms with Gasteiger partial charge in [-0.3, -0.25) is 0 Å². The first-order valence-electron chi connectivity index (χ1n) is 4.29. The highest BCUT2D eigenvalue weighted by Gasteiger charge is 2.02. The van der Waals surface area contributed by atoms with Crippen molar-refractivity contribution in [3.05, 3.63) is 12.7 Å². The quantitative estimate of drug-likeness (QED) is 0.517. The van der Waals surface area contributed by atoms with Crippen LogP contribution in [0.5, 0.6) is 0 Å². The summed E-state index contributed by atoms with van der Waals surface area (Å²) in [5, 5.41) is 6.97. The summed E-state index contributed by atoms with van der Waals surface area (Å²) >= 11 is 5.07. The lowest BCUT2D eigenvalue weighted by atomic mass is 10.3. The van der Waals surface area contributed by atoms with E-state index in [2.05, 4.69) is 31.1 Å². The molecule has 0 aliphatic heterocycles. The summed E-state index contributed by atoms with van der Waals surface area (Å²) in [7, 11) is 0. The van der Waals surface area contributed by atoms with E-state index < -0.39 is 0 Å². The molecule has 0 spiro atoms. The average molecular weight is 186 g/mol. The van der Waals surface area contributed by atoms with Crippen molar-refractivity contribution >= 4 is 17.3 Å². The van der Waals surface area contributed by atoms with Crippen LogP contribution in [-0.2, 0) is 0 Å². The lowest BCUT2D eigenvalue weighted by Gasteiger charge is -2.17. The summed E-state index contributed by atoms with van der Waals surface area (Å²) in [5.74, 6) is 0. The highest BCUT2D eigenvalue weighted by molar-refractivity contribution is 7.80. The van der Waals surface area contributed by atoms with Gasteiger partial charge in [0.2, 0.25) is 0 Å². The third-order valence-corrected chi connectivity index (χ3v) is 1.94. The van der Waals surface area contributed by atoms with Gasteiger partial charge in [0.15, 0.2) is 5.11 Å². The van der Waals surface area contributed by atoms with Crippen LogP contribution in [0.25, 0.3) is 0 Å². The molecule has 0 heterocycles. The minimum absolute atomic E-state index is 0.231. The molecule has 3 heteroatoms. The molecule has 2 nitrogen and oxygen atoms in total. The Balaban J connectivity index is 3.66. The van der Waals surface area contributed by atoms with Crippen molar-refractivity contribution in [3.63, 3.8) is 0 Å². The summed E-state index contributed by atoms with van der Waals surface area (Å²) < 4.78 is 0. The molecule has 0 radical (unpaired) electrons. The van der Waals surface area contributed by atoms with Gasteiger partial charge in [-0.2, -0.15) is 0 Å². The highest BCUT2D eigenvalue weighted by Crippen LogP contribution is 1.88. The van der Waals surface area contributed by atoms with Crippen LogP contribution in [0.3, 0.4) is 0 Å². The number of hydrogen-bond donors (Lipinski definition) is 2. The Hall–Kier alpha value is -0.570. The summed E-state index contributed by atoms with van der Waals surface area (Å²) in [6, 6.07) is 0.663. The molecule has 0 saturated carbocycles. The first-order valence-corrected chi connectivity index (χ1v) is 4.70. The predicted molar refractivity (Wildman–Crippen MR) is 58.3 cm³/mol. The predicted octanol–water partition coefficient (Wildman–Crippen LogP) is 1.82. The molecule has 12 heavy (non-hydrogen) atoms. The molecule has 0 aliphatic carbocycles. The first-order chi connectivity index (χ1) is 5.60. The third-order valence-electron chi connectivity index (χ3n) is 1.70. The second-order valence-corrected chi connectivity index (χ2v) is 3.36. The van der Waals surface area contributed by atoms with Crippen LogP contribution in [0, 0.1) is 0 Å². The van der Waals surface area contributed by atoms with Gasteiger partial charge in [0.1, 0.15) is 0 Å². The molecule has 2 N–H and O–H groups in total. The van der Waals surface area contributed by atoms with Crippen LogP contribution >= 0.6 is 12.2 Å². The van der Waals surface area contributed by atoms with Gasteiger partial charge in [0.05, 0.1) is 0 Å². The van der Waals surface area contributed by atoms with E-state index in [9.17, 15) is 0 Å². The molecule has 2 atom stereocenters. The molecule has 0 saturated heterocycles. The maximum absolute atomic E-state index is 5.07. The van der Waals surface area contributed by atoms with Crippen LogP contribution in [-0.4, -0.2) is 17.2 Å². The van der Waals surface area contributed by atoms with Crippen LogP contribution in [0.2, 0.25) is 0 Å². The van der Waals surface area contributed by atoms with E-state index in [-0.39, 0.29) is 6.04 Å². The topological polar surface area (TPSA) is 24.1 Å². The lowest BCUT2D eigenvalue weighted by molar-refractivity contribution is 0.626. The van der Waals surface area contributed by atoms with Crippen molar-refractivity contribution in [1.29, 1.82) is 0 Å². The van der Waals surface area contributed by atoms with Gasteiger partial charge in [-0.15, -0.1) is 6.58 Å². The maximum Gasteiger partial charge on any atom is 0.166 e. The molecule has 0 aromatic carbocycles. The van der Waals surface area contributed by atoms with Gasteiger partial charge in [0, 0.05) is 12.1 Å². The second kappa shape index (κ2) is 6.00. The standard InChI is InChI=1S/C9H18N2S/c1-5-7(3)10-9(12)11-8(4)6-2/h5,7-8H,1,6H2,2-4H3,(H2,10,11,12). The Morgan fingerprint density at radius 2 is 2.08 bits per heavy atom. The number of nitrogens with one attached hydrogen (secondary N) is 2. The van der Waals surface area contributed by atoms with Crippen LogP contribution in [0.1, 0.15) is 27.2 Å². The number of hydrogen-bond acceptors (Lipinski definition) is 1. The minimum atomic E-state index is 0.231. The van der Waals surface area contributed by atoms with E-state index >= 15 is 0 Å². The molecule has 2 unspecified atom stereocenters. The molecular weight excluding hydrogens is 168 g/mol. The van der Waals surface area contributed by atoms with Gasteiger partial charge < -0.3 is 10.6 Å². The molecular formula is C9H18N2S. The highest BCUT2D eigenvalue weighted by atomic mass is 32.1. The summed E-state index contributed by atoms with van der Waals surface area (Å²) in [4.78, 5) is 0. The van der Waals surface area contributed by atoms with Crippen LogP contribution < -0.4 is 10.6 Å². The van der Waals surface area contributed by atoms with Crippen molar-refractivity contribution in [2.75, 3.05) is 0 Å². The smallest absolute Gasteiger partial charge is 0.166 e. The zero-order chi connectivity index (χ0) is 9.56. The SMILES string of the molecule is C=CC(C)NC(=S)NC(C)CC. The Labute approximate surface area is 80.4 Å². The fraction of sp³-hybridized carbons (Fsp3) is 0.667. The average Bonchev–Trinajstić information content (AvgIpc) is 2.03. The van der Waals surface area contributed by atoms with Gasteiger partial charge in [0.25, 0.3) is 0 Å². The molecule has 0 aromatic heterocycles. The molecule has 70 valence electrons. The summed E-state index contributed by atoms with van der Waals surface area (Å²) in [6.07, 6.45) is 2.90. The van der Waals surface area contributed by atoms with E-state index in [4.69, 9.17) is 12.2 Å². The monoisotopic (exact) mass is 186 g/mol. The van der Waals surface area contributed by atoms with Gasteiger partial charge in [-0.05, 0) is 32.5 Å². The number of thiocarbonyl (C=S) groups is 1. The zero-order valence-corrected chi connectivity index (χ0v) is 8.87. The van der Waals surface area contributed by atoms with Gasteiger partial charge >= 0.3 is 0 Å². The van der Waals surface area contributed by atoms with Crippen LogP contribution in [0.15, 0.2) is 12.7 Å². The molecule has 0 fully saturated rings. The van der Waals surface area contributed by atoms with E-state index in [0.717, 1.165) is 6.42 Å². The van der Waals surface area contributed by atoms with Crippen molar-refractivity contribution in [2.24, 2.45) is 0 Å². The minimum Gasteiger partial charge on any atom is -0.360 e. The van der Waals surface area contributed by atoms with E-state index in [1.807, 2.05) is 13.0 Å². The summed E-state index contributed by atoms with van der Waals surface area (Å²) in [5.41, 5.74) is 0. The van der Waals surface area contributed by atoms with Crippen molar-refractivity contribution in [3.8, 4) is 0 Å². The molecule has 0 amide bonds. The zero-order valence-electron chi connectivity index (χ0n) is 8.05. The third kappa shape index (κ3) is 5.13. The van der Waals surface area contributed by atoms with Crippen molar-refractivity contribution in [2.45, 2.75) is 39.3 Å². The Bertz CT molecular complexity index is 157. The van der Waals surface area contributed by atoms with Crippen molar-refractivity contribution < 1.29 is 0 Å². The van der Waals surface area contributed by atoms with Crippen molar-refractivity contribution in [1.82, 2.24) is 10.6 Å². The van der Waals surface area contributed by atoms with Gasteiger partial charge in [-0.25, -0.2) is 0 Å². The second-order valence-electron chi connectivity index (χ2n) is 2.95. The molecule has 0 bridgehead atoms. The Morgan fingerprint density at radius 3 is 2.50 bits per heavy atom. The van der Waals surface area contributed by atoms with Crippen LogP contribution in [0.4, 0.5) is 0 Å². The van der Waals surface area contributed by atoms with Gasteiger partial charge in [-0.1, -0.05) is 13.0 Å². The lowest BCUT2D eigenvalue weighted by Crippen LogP contribution is -2.43. The summed E-state index contributed by atoms with van der Waals surface area (Å²) in [6.45, 7) is 9.90. The Morgan fingerprint density at radius 1 is 1.50 bits per heavy atom. The fourth-order valence-electron chi connectivity index (χ4n) is 0.633. The van der Waals surface area contributed by atoms with E-state index in [1.54, 1.807) is 0 Å². The molecule has 0 aliphatic rings. The largest absolute Gasteiger partial charge is 0.360 e.